The summed E-state index contributed by atoms with van der Waals surface area (Å²) in [7, 11) is 0. The van der Waals surface area contributed by atoms with Crippen LogP contribution in [-0.2, 0) is 11.3 Å². The molecular weight excluding hydrogens is 422 g/mol. The van der Waals surface area contributed by atoms with Gasteiger partial charge in [0, 0.05) is 35.4 Å². The van der Waals surface area contributed by atoms with Gasteiger partial charge in [0.25, 0.3) is 11.8 Å². The van der Waals surface area contributed by atoms with E-state index in [2.05, 4.69) is 10.3 Å². The summed E-state index contributed by atoms with van der Waals surface area (Å²) >= 11 is 1.44. The number of hydrogen-bond acceptors (Lipinski definition) is 4. The minimum atomic E-state index is -0.258. The Labute approximate surface area is 191 Å². The first kappa shape index (κ1) is 22.2. The van der Waals surface area contributed by atoms with Crippen molar-refractivity contribution in [1.29, 1.82) is 0 Å². The Kier molecular flexibility index (Phi) is 6.97. The summed E-state index contributed by atoms with van der Waals surface area (Å²) in [6.45, 7) is 5.78. The summed E-state index contributed by atoms with van der Waals surface area (Å²) in [5, 5.41) is 4.95. The summed E-state index contributed by atoms with van der Waals surface area (Å²) in [4.78, 5) is 30.3. The zero-order chi connectivity index (χ0) is 22.5. The molecule has 1 saturated heterocycles. The molecule has 1 aliphatic rings. The molecule has 1 fully saturated rings. The van der Waals surface area contributed by atoms with Gasteiger partial charge < -0.3 is 14.6 Å². The number of carbonyl (C=O) groups excluding carboxylic acids is 2. The molecule has 1 unspecified atom stereocenters. The predicted octanol–water partition coefficient (Wildman–Crippen LogP) is 3.86. The topological polar surface area (TPSA) is 72.7 Å². The van der Waals surface area contributed by atoms with Gasteiger partial charge >= 0.3 is 0 Å². The van der Waals surface area contributed by atoms with E-state index in [9.17, 15) is 9.59 Å². The van der Waals surface area contributed by atoms with E-state index in [1.165, 1.54) is 11.3 Å². The van der Waals surface area contributed by atoms with Gasteiger partial charge in [0.2, 0.25) is 0 Å². The van der Waals surface area contributed by atoms with Crippen molar-refractivity contribution in [3.05, 3.63) is 86.7 Å². The number of amides is 2. The number of nitrogens with zero attached hydrogens (tertiary/aromatic N) is 2. The SMILES string of the molecule is Cc1cccc(C(=O)N=c2scc(C)n2Cc2cccc(C(=O)NCC3CCCO3)c2)c1. The van der Waals surface area contributed by atoms with E-state index in [0.717, 1.165) is 36.3 Å². The van der Waals surface area contributed by atoms with Crippen LogP contribution in [0.3, 0.4) is 0 Å². The number of ether oxygens (including phenoxy) is 1. The van der Waals surface area contributed by atoms with Gasteiger partial charge in [0.15, 0.2) is 4.80 Å². The molecule has 0 spiro atoms. The average molecular weight is 450 g/mol. The molecule has 1 atom stereocenters. The summed E-state index contributed by atoms with van der Waals surface area (Å²) in [6.07, 6.45) is 2.15. The average Bonchev–Trinajstić information content (AvgIpc) is 3.43. The van der Waals surface area contributed by atoms with E-state index >= 15 is 0 Å². The van der Waals surface area contributed by atoms with Crippen LogP contribution in [0.15, 0.2) is 58.9 Å². The van der Waals surface area contributed by atoms with Crippen LogP contribution in [0.4, 0.5) is 0 Å². The van der Waals surface area contributed by atoms with Crippen molar-refractivity contribution in [2.75, 3.05) is 13.2 Å². The quantitative estimate of drug-likeness (QED) is 0.621. The number of rotatable bonds is 6. The lowest BCUT2D eigenvalue weighted by molar-refractivity contribution is 0.0857. The normalized spacial score (nSPS) is 16.3. The monoisotopic (exact) mass is 449 g/mol. The number of aryl methyl sites for hydroxylation is 2. The van der Waals surface area contributed by atoms with Crippen LogP contribution in [0.1, 0.15) is 50.4 Å². The zero-order valence-corrected chi connectivity index (χ0v) is 19.2. The largest absolute Gasteiger partial charge is 0.376 e. The number of nitrogens with one attached hydrogen (secondary N) is 1. The molecule has 0 radical (unpaired) electrons. The highest BCUT2D eigenvalue weighted by Crippen LogP contribution is 2.13. The van der Waals surface area contributed by atoms with Crippen LogP contribution < -0.4 is 10.1 Å². The Morgan fingerprint density at radius 1 is 1.16 bits per heavy atom. The highest BCUT2D eigenvalue weighted by Gasteiger charge is 2.17. The Hall–Kier alpha value is -3.03. The number of benzene rings is 2. The maximum Gasteiger partial charge on any atom is 0.279 e. The molecule has 3 aromatic rings. The highest BCUT2D eigenvalue weighted by molar-refractivity contribution is 7.07. The van der Waals surface area contributed by atoms with Crippen molar-refractivity contribution >= 4 is 23.2 Å². The van der Waals surface area contributed by atoms with E-state index in [1.807, 2.05) is 66.3 Å². The van der Waals surface area contributed by atoms with Crippen molar-refractivity contribution in [2.45, 2.75) is 39.3 Å². The fourth-order valence-corrected chi connectivity index (χ4v) is 4.61. The zero-order valence-electron chi connectivity index (χ0n) is 18.3. The van der Waals surface area contributed by atoms with Gasteiger partial charge in [0.1, 0.15) is 0 Å². The van der Waals surface area contributed by atoms with E-state index < -0.39 is 0 Å². The lowest BCUT2D eigenvalue weighted by Crippen LogP contribution is -2.31. The maximum absolute atomic E-state index is 12.7. The van der Waals surface area contributed by atoms with Crippen LogP contribution in [-0.4, -0.2) is 35.6 Å². The molecular formula is C25H27N3O3S. The van der Waals surface area contributed by atoms with Gasteiger partial charge in [-0.25, -0.2) is 0 Å². The Morgan fingerprint density at radius 3 is 2.75 bits per heavy atom. The fourth-order valence-electron chi connectivity index (χ4n) is 3.73. The minimum absolute atomic E-state index is 0.103. The second kappa shape index (κ2) is 10.1. The van der Waals surface area contributed by atoms with E-state index in [0.29, 0.717) is 29.0 Å². The van der Waals surface area contributed by atoms with Crippen molar-refractivity contribution in [3.63, 3.8) is 0 Å². The first-order chi connectivity index (χ1) is 15.5. The molecule has 2 amide bonds. The van der Waals surface area contributed by atoms with Crippen molar-refractivity contribution in [3.8, 4) is 0 Å². The Bertz CT molecular complexity index is 1190. The number of thiazole rings is 1. The van der Waals surface area contributed by atoms with Crippen LogP contribution in [0.2, 0.25) is 0 Å². The highest BCUT2D eigenvalue weighted by atomic mass is 32.1. The summed E-state index contributed by atoms with van der Waals surface area (Å²) < 4.78 is 7.58. The number of carbonyl (C=O) groups is 2. The van der Waals surface area contributed by atoms with Crippen LogP contribution in [0, 0.1) is 13.8 Å². The lowest BCUT2D eigenvalue weighted by Gasteiger charge is -2.12. The minimum Gasteiger partial charge on any atom is -0.376 e. The maximum atomic E-state index is 12.7. The summed E-state index contributed by atoms with van der Waals surface area (Å²) in [5.74, 6) is -0.361. The fraction of sp³-hybridized carbons (Fsp3) is 0.320. The predicted molar refractivity (Wildman–Crippen MR) is 125 cm³/mol. The molecule has 0 bridgehead atoms. The second-order valence-electron chi connectivity index (χ2n) is 8.08. The number of hydrogen-bond donors (Lipinski definition) is 1. The van der Waals surface area contributed by atoms with Crippen molar-refractivity contribution < 1.29 is 14.3 Å². The first-order valence-electron chi connectivity index (χ1n) is 10.8. The molecule has 2 aromatic carbocycles. The van der Waals surface area contributed by atoms with Gasteiger partial charge in [-0.05, 0) is 56.5 Å². The van der Waals surface area contributed by atoms with E-state index in [4.69, 9.17) is 4.74 Å². The molecule has 1 N–H and O–H groups in total. The summed E-state index contributed by atoms with van der Waals surface area (Å²) in [5.41, 5.74) is 4.20. The van der Waals surface area contributed by atoms with Gasteiger partial charge in [-0.15, -0.1) is 11.3 Å². The first-order valence-corrected chi connectivity index (χ1v) is 11.7. The third kappa shape index (κ3) is 5.41. The molecule has 0 aliphatic carbocycles. The molecule has 4 rings (SSSR count). The van der Waals surface area contributed by atoms with Crippen molar-refractivity contribution in [2.24, 2.45) is 4.99 Å². The standard InChI is InChI=1S/C25H27N3O3S/c1-17-6-3-8-20(12-17)24(30)27-25-28(18(2)16-32-25)15-19-7-4-9-21(13-19)23(29)26-14-22-10-5-11-31-22/h3-4,6-9,12-13,16,22H,5,10-11,14-15H2,1-2H3,(H,26,29). The van der Waals surface area contributed by atoms with Gasteiger partial charge in [-0.1, -0.05) is 29.8 Å². The molecule has 7 heteroatoms. The molecule has 2 heterocycles. The summed E-state index contributed by atoms with van der Waals surface area (Å²) in [6, 6.07) is 15.0. The lowest BCUT2D eigenvalue weighted by atomic mass is 10.1. The van der Waals surface area contributed by atoms with Gasteiger partial charge in [-0.3, -0.25) is 9.59 Å². The van der Waals surface area contributed by atoms with Crippen LogP contribution >= 0.6 is 11.3 Å². The van der Waals surface area contributed by atoms with Crippen molar-refractivity contribution in [1.82, 2.24) is 9.88 Å². The van der Waals surface area contributed by atoms with Gasteiger partial charge in [0.05, 0.1) is 12.6 Å². The third-order valence-electron chi connectivity index (χ3n) is 5.50. The van der Waals surface area contributed by atoms with Crippen LogP contribution in [0.5, 0.6) is 0 Å². The molecule has 6 nitrogen and oxygen atoms in total. The molecule has 0 saturated carbocycles. The molecule has 166 valence electrons. The third-order valence-corrected chi connectivity index (χ3v) is 6.48. The Morgan fingerprint density at radius 2 is 1.97 bits per heavy atom. The molecule has 1 aromatic heterocycles. The molecule has 32 heavy (non-hydrogen) atoms. The number of aromatic nitrogens is 1. The Balaban J connectivity index is 1.51. The van der Waals surface area contributed by atoms with Crippen LogP contribution in [0.25, 0.3) is 0 Å². The molecule has 1 aliphatic heterocycles. The van der Waals surface area contributed by atoms with E-state index in [-0.39, 0.29) is 17.9 Å². The van der Waals surface area contributed by atoms with Gasteiger partial charge in [-0.2, -0.15) is 4.99 Å². The van der Waals surface area contributed by atoms with E-state index in [1.54, 1.807) is 6.07 Å². The second-order valence-corrected chi connectivity index (χ2v) is 8.91. The smallest absolute Gasteiger partial charge is 0.279 e.